The summed E-state index contributed by atoms with van der Waals surface area (Å²) in [5.74, 6) is 1.23. The minimum absolute atomic E-state index is 0.613. The van der Waals surface area contributed by atoms with Gasteiger partial charge in [-0.05, 0) is 24.3 Å². The van der Waals surface area contributed by atoms with Crippen LogP contribution in [0.25, 0.3) is 0 Å². The Kier molecular flexibility index (Phi) is 13.5. The van der Waals surface area contributed by atoms with Gasteiger partial charge in [0.2, 0.25) is 0 Å². The Morgan fingerprint density at radius 3 is 1.33 bits per heavy atom. The Labute approximate surface area is 171 Å². The molecule has 0 atom stereocenters. The van der Waals surface area contributed by atoms with Crippen LogP contribution >= 0.6 is 0 Å². The largest absolute Gasteiger partial charge is 0.205 e. The van der Waals surface area contributed by atoms with Gasteiger partial charge in [-0.3, -0.25) is 0 Å². The quantitative estimate of drug-likeness (QED) is 0.202. The molecule has 156 valence electrons. The Morgan fingerprint density at radius 1 is 0.593 bits per heavy atom. The lowest BCUT2D eigenvalue weighted by Gasteiger charge is -2.10. The zero-order valence-corrected chi connectivity index (χ0v) is 19.2. The van der Waals surface area contributed by atoms with Crippen molar-refractivity contribution in [2.45, 2.75) is 136 Å². The molecule has 1 aromatic rings. The summed E-state index contributed by atoms with van der Waals surface area (Å²) in [6.07, 6.45) is 23.3. The summed E-state index contributed by atoms with van der Waals surface area (Å²) in [5.41, 5.74) is 2.96. The molecule has 0 amide bonds. The molecular formula is C26H48N+. The van der Waals surface area contributed by atoms with Crippen LogP contribution in [-0.4, -0.2) is 0 Å². The molecule has 0 aliphatic rings. The smallest absolute Gasteiger partial charge is 0.172 e. The second-order valence-corrected chi connectivity index (χ2v) is 9.19. The lowest BCUT2D eigenvalue weighted by Crippen LogP contribution is -2.34. The fraction of sp³-hybridized carbons (Fsp3) is 0.808. The molecule has 0 saturated carbocycles. The average Bonchev–Trinajstić information content (AvgIpc) is 2.65. The Balaban J connectivity index is 2.10. The summed E-state index contributed by atoms with van der Waals surface area (Å²) in [4.78, 5) is 0. The molecule has 1 heterocycles. The molecule has 0 aliphatic carbocycles. The van der Waals surface area contributed by atoms with E-state index in [0.29, 0.717) is 11.8 Å². The number of hydrogen-bond acceptors (Lipinski definition) is 0. The predicted octanol–water partition coefficient (Wildman–Crippen LogP) is 8.31. The first-order chi connectivity index (χ1) is 13.0. The zero-order valence-electron chi connectivity index (χ0n) is 19.2. The summed E-state index contributed by atoms with van der Waals surface area (Å²) in [5, 5.41) is 0. The van der Waals surface area contributed by atoms with Crippen LogP contribution in [0.5, 0.6) is 0 Å². The van der Waals surface area contributed by atoms with Gasteiger partial charge in [-0.15, -0.1) is 0 Å². The van der Waals surface area contributed by atoms with E-state index in [4.69, 9.17) is 0 Å². The van der Waals surface area contributed by atoms with Gasteiger partial charge in [0.1, 0.15) is 6.54 Å². The monoisotopic (exact) mass is 374 g/mol. The molecule has 1 nitrogen and oxygen atoms in total. The van der Waals surface area contributed by atoms with E-state index < -0.39 is 0 Å². The normalized spacial score (nSPS) is 11.7. The third kappa shape index (κ3) is 11.6. The summed E-state index contributed by atoms with van der Waals surface area (Å²) >= 11 is 0. The van der Waals surface area contributed by atoms with Crippen molar-refractivity contribution in [1.82, 2.24) is 0 Å². The van der Waals surface area contributed by atoms with Crippen LogP contribution in [0.2, 0.25) is 0 Å². The number of rotatable bonds is 16. The van der Waals surface area contributed by atoms with Crippen LogP contribution in [-0.2, 0) is 6.54 Å². The number of unbranched alkanes of at least 4 members (excludes halogenated alkanes) is 12. The van der Waals surface area contributed by atoms with E-state index in [2.05, 4.69) is 57.6 Å². The minimum Gasteiger partial charge on any atom is -0.205 e. The van der Waals surface area contributed by atoms with Crippen LogP contribution in [0.1, 0.15) is 141 Å². The highest BCUT2D eigenvalue weighted by Gasteiger charge is 2.12. The highest BCUT2D eigenvalue weighted by Crippen LogP contribution is 2.19. The van der Waals surface area contributed by atoms with Gasteiger partial charge in [0, 0.05) is 17.5 Å². The number of hydrogen-bond donors (Lipinski definition) is 0. The SMILES string of the molecule is CCCCCCCCCCCCCCC[n+]1cc(C(C)C)cc(C(C)C)c1. The molecule has 27 heavy (non-hydrogen) atoms. The van der Waals surface area contributed by atoms with Gasteiger partial charge >= 0.3 is 0 Å². The Morgan fingerprint density at radius 2 is 0.963 bits per heavy atom. The maximum absolute atomic E-state index is 2.45. The second-order valence-electron chi connectivity index (χ2n) is 9.19. The molecule has 0 spiro atoms. The van der Waals surface area contributed by atoms with Gasteiger partial charge in [0.15, 0.2) is 12.4 Å². The second kappa shape index (κ2) is 15.1. The van der Waals surface area contributed by atoms with Crippen molar-refractivity contribution < 1.29 is 4.57 Å². The first-order valence-electron chi connectivity index (χ1n) is 12.1. The average molecular weight is 375 g/mol. The number of nitrogens with zero attached hydrogens (tertiary/aromatic N) is 1. The van der Waals surface area contributed by atoms with E-state index in [1.807, 2.05) is 0 Å². The summed E-state index contributed by atoms with van der Waals surface area (Å²) in [6, 6.07) is 2.40. The van der Waals surface area contributed by atoms with Gasteiger partial charge in [-0.25, -0.2) is 4.57 Å². The Bertz CT molecular complexity index is 449. The zero-order chi connectivity index (χ0) is 19.9. The molecule has 0 bridgehead atoms. The van der Waals surface area contributed by atoms with Crippen molar-refractivity contribution in [3.8, 4) is 0 Å². The van der Waals surface area contributed by atoms with Crippen molar-refractivity contribution in [2.24, 2.45) is 0 Å². The molecule has 1 aromatic heterocycles. The van der Waals surface area contributed by atoms with E-state index in [1.165, 1.54) is 101 Å². The van der Waals surface area contributed by atoms with Crippen LogP contribution < -0.4 is 4.57 Å². The van der Waals surface area contributed by atoms with E-state index >= 15 is 0 Å². The van der Waals surface area contributed by atoms with Crippen molar-refractivity contribution in [3.05, 3.63) is 29.6 Å². The topological polar surface area (TPSA) is 3.88 Å². The standard InChI is InChI=1S/C26H48N/c1-6-7-8-9-10-11-12-13-14-15-16-17-18-19-27-21-25(23(2)3)20-26(22-27)24(4)5/h20-24H,6-19H2,1-5H3/q+1. The maximum atomic E-state index is 2.45. The van der Waals surface area contributed by atoms with Crippen LogP contribution in [0.3, 0.4) is 0 Å². The van der Waals surface area contributed by atoms with Crippen LogP contribution in [0.4, 0.5) is 0 Å². The molecule has 0 N–H and O–H groups in total. The third-order valence-corrected chi connectivity index (χ3v) is 5.82. The molecule has 1 rings (SSSR count). The molecule has 0 unspecified atom stereocenters. The number of aryl methyl sites for hydroxylation is 1. The Hall–Kier alpha value is -0.850. The summed E-state index contributed by atoms with van der Waals surface area (Å²) in [6.45, 7) is 12.7. The molecule has 0 saturated heterocycles. The molecule has 0 aromatic carbocycles. The molecule has 0 fully saturated rings. The van der Waals surface area contributed by atoms with Crippen molar-refractivity contribution >= 4 is 0 Å². The van der Waals surface area contributed by atoms with E-state index in [1.54, 1.807) is 0 Å². The summed E-state index contributed by atoms with van der Waals surface area (Å²) < 4.78 is 2.45. The summed E-state index contributed by atoms with van der Waals surface area (Å²) in [7, 11) is 0. The lowest BCUT2D eigenvalue weighted by atomic mass is 9.98. The first kappa shape index (κ1) is 24.2. The number of aromatic nitrogens is 1. The van der Waals surface area contributed by atoms with E-state index in [0.717, 1.165) is 0 Å². The molecule has 0 radical (unpaired) electrons. The number of pyridine rings is 1. The minimum atomic E-state index is 0.613. The third-order valence-electron chi connectivity index (χ3n) is 5.82. The predicted molar refractivity (Wildman–Crippen MR) is 121 cm³/mol. The van der Waals surface area contributed by atoms with Crippen molar-refractivity contribution in [2.75, 3.05) is 0 Å². The van der Waals surface area contributed by atoms with E-state index in [9.17, 15) is 0 Å². The van der Waals surface area contributed by atoms with Crippen molar-refractivity contribution in [1.29, 1.82) is 0 Å². The first-order valence-corrected chi connectivity index (χ1v) is 12.1. The fourth-order valence-electron chi connectivity index (χ4n) is 3.76. The van der Waals surface area contributed by atoms with E-state index in [-0.39, 0.29) is 0 Å². The molecule has 1 heteroatoms. The molecule has 0 aliphatic heterocycles. The highest BCUT2D eigenvalue weighted by molar-refractivity contribution is 5.20. The van der Waals surface area contributed by atoms with Crippen LogP contribution in [0, 0.1) is 0 Å². The van der Waals surface area contributed by atoms with Gasteiger partial charge in [-0.2, -0.15) is 0 Å². The van der Waals surface area contributed by atoms with Gasteiger partial charge in [0.05, 0.1) is 0 Å². The van der Waals surface area contributed by atoms with Crippen molar-refractivity contribution in [3.63, 3.8) is 0 Å². The van der Waals surface area contributed by atoms with Gasteiger partial charge < -0.3 is 0 Å². The van der Waals surface area contributed by atoms with Gasteiger partial charge in [0.25, 0.3) is 0 Å². The fourth-order valence-corrected chi connectivity index (χ4v) is 3.76. The highest BCUT2D eigenvalue weighted by atomic mass is 14.9. The lowest BCUT2D eigenvalue weighted by molar-refractivity contribution is -0.698. The van der Waals surface area contributed by atoms with Gasteiger partial charge in [-0.1, -0.05) is 105 Å². The van der Waals surface area contributed by atoms with Crippen LogP contribution in [0.15, 0.2) is 18.5 Å². The molecular weight excluding hydrogens is 326 g/mol. The maximum Gasteiger partial charge on any atom is 0.172 e.